The Hall–Kier alpha value is -0.790. The predicted octanol–water partition coefficient (Wildman–Crippen LogP) is 2.16. The standard InChI is InChI=1S/C9H16N2/c1-6(2)9-10-7(3)8(4)11(9)5/h6H,1-5H3. The zero-order valence-corrected chi connectivity index (χ0v) is 7.97. The summed E-state index contributed by atoms with van der Waals surface area (Å²) in [5.41, 5.74) is 2.42. The van der Waals surface area contributed by atoms with Crippen LogP contribution in [0.3, 0.4) is 0 Å². The Morgan fingerprint density at radius 1 is 1.27 bits per heavy atom. The monoisotopic (exact) mass is 152 g/mol. The quantitative estimate of drug-likeness (QED) is 0.603. The summed E-state index contributed by atoms with van der Waals surface area (Å²) in [6, 6.07) is 0. The minimum atomic E-state index is 0.521. The Balaban J connectivity index is 3.19. The van der Waals surface area contributed by atoms with Crippen molar-refractivity contribution >= 4 is 0 Å². The van der Waals surface area contributed by atoms with E-state index >= 15 is 0 Å². The van der Waals surface area contributed by atoms with Crippen LogP contribution in [0, 0.1) is 13.8 Å². The lowest BCUT2D eigenvalue weighted by atomic mass is 10.2. The van der Waals surface area contributed by atoms with E-state index in [-0.39, 0.29) is 0 Å². The molecule has 0 bridgehead atoms. The van der Waals surface area contributed by atoms with Gasteiger partial charge in [0, 0.05) is 18.7 Å². The highest BCUT2D eigenvalue weighted by Gasteiger charge is 2.09. The molecule has 62 valence electrons. The van der Waals surface area contributed by atoms with Gasteiger partial charge in [-0.15, -0.1) is 0 Å². The highest BCUT2D eigenvalue weighted by Crippen LogP contribution is 2.15. The first-order valence-electron chi connectivity index (χ1n) is 4.04. The molecular formula is C9H16N2. The first kappa shape index (κ1) is 8.31. The highest BCUT2D eigenvalue weighted by atomic mass is 15.1. The first-order valence-corrected chi connectivity index (χ1v) is 4.04. The Labute approximate surface area is 68.3 Å². The lowest BCUT2D eigenvalue weighted by Crippen LogP contribution is -2.00. The molecule has 11 heavy (non-hydrogen) atoms. The number of aromatic nitrogens is 2. The molecule has 0 fully saturated rings. The van der Waals surface area contributed by atoms with E-state index in [1.54, 1.807) is 0 Å². The van der Waals surface area contributed by atoms with Gasteiger partial charge in [0.25, 0.3) is 0 Å². The number of hydrogen-bond donors (Lipinski definition) is 0. The van der Waals surface area contributed by atoms with Gasteiger partial charge in [0.05, 0.1) is 5.69 Å². The van der Waals surface area contributed by atoms with Gasteiger partial charge in [-0.3, -0.25) is 0 Å². The summed E-state index contributed by atoms with van der Waals surface area (Å²) in [6.07, 6.45) is 0. The van der Waals surface area contributed by atoms with Gasteiger partial charge < -0.3 is 4.57 Å². The van der Waals surface area contributed by atoms with Crippen LogP contribution in [0.2, 0.25) is 0 Å². The number of imidazole rings is 1. The molecular weight excluding hydrogens is 136 g/mol. The van der Waals surface area contributed by atoms with Crippen molar-refractivity contribution in [3.8, 4) is 0 Å². The van der Waals surface area contributed by atoms with Gasteiger partial charge >= 0.3 is 0 Å². The average molecular weight is 152 g/mol. The van der Waals surface area contributed by atoms with Gasteiger partial charge in [0.15, 0.2) is 0 Å². The van der Waals surface area contributed by atoms with Gasteiger partial charge in [-0.2, -0.15) is 0 Å². The molecule has 2 nitrogen and oxygen atoms in total. The number of rotatable bonds is 1. The molecule has 1 heterocycles. The van der Waals surface area contributed by atoms with Crippen molar-refractivity contribution in [1.82, 2.24) is 9.55 Å². The lowest BCUT2D eigenvalue weighted by Gasteiger charge is -2.04. The fourth-order valence-electron chi connectivity index (χ4n) is 1.26. The molecule has 0 amide bonds. The van der Waals surface area contributed by atoms with Crippen molar-refractivity contribution in [3.63, 3.8) is 0 Å². The first-order chi connectivity index (χ1) is 5.04. The summed E-state index contributed by atoms with van der Waals surface area (Å²) in [5, 5.41) is 0. The number of aryl methyl sites for hydroxylation is 1. The third-order valence-corrected chi connectivity index (χ3v) is 2.17. The Morgan fingerprint density at radius 3 is 2.00 bits per heavy atom. The van der Waals surface area contributed by atoms with E-state index in [9.17, 15) is 0 Å². The minimum absolute atomic E-state index is 0.521. The summed E-state index contributed by atoms with van der Waals surface area (Å²) >= 11 is 0. The van der Waals surface area contributed by atoms with Crippen LogP contribution in [-0.2, 0) is 7.05 Å². The molecule has 0 atom stereocenters. The zero-order valence-electron chi connectivity index (χ0n) is 7.97. The van der Waals surface area contributed by atoms with Crippen molar-refractivity contribution in [1.29, 1.82) is 0 Å². The molecule has 0 N–H and O–H groups in total. The molecule has 0 saturated carbocycles. The van der Waals surface area contributed by atoms with Gasteiger partial charge in [-0.05, 0) is 13.8 Å². The van der Waals surface area contributed by atoms with Crippen molar-refractivity contribution in [2.45, 2.75) is 33.6 Å². The SMILES string of the molecule is Cc1nc(C(C)C)n(C)c1C. The lowest BCUT2D eigenvalue weighted by molar-refractivity contribution is 0.700. The Kier molecular flexibility index (Phi) is 2.03. The second-order valence-corrected chi connectivity index (χ2v) is 3.35. The summed E-state index contributed by atoms with van der Waals surface area (Å²) < 4.78 is 2.17. The van der Waals surface area contributed by atoms with Crippen molar-refractivity contribution < 1.29 is 0 Å². The fraction of sp³-hybridized carbons (Fsp3) is 0.667. The van der Waals surface area contributed by atoms with Crippen molar-refractivity contribution in [2.24, 2.45) is 7.05 Å². The average Bonchev–Trinajstić information content (AvgIpc) is 2.17. The van der Waals surface area contributed by atoms with E-state index < -0.39 is 0 Å². The smallest absolute Gasteiger partial charge is 0.111 e. The molecule has 0 spiro atoms. The topological polar surface area (TPSA) is 17.8 Å². The molecule has 1 aromatic rings. The summed E-state index contributed by atoms with van der Waals surface area (Å²) in [5.74, 6) is 1.70. The molecule has 1 aromatic heterocycles. The molecule has 2 heteroatoms. The van der Waals surface area contributed by atoms with E-state index in [1.807, 2.05) is 0 Å². The molecule has 0 radical (unpaired) electrons. The molecule has 1 rings (SSSR count). The van der Waals surface area contributed by atoms with E-state index in [0.717, 1.165) is 5.69 Å². The van der Waals surface area contributed by atoms with Crippen molar-refractivity contribution in [2.75, 3.05) is 0 Å². The van der Waals surface area contributed by atoms with Crippen LogP contribution in [-0.4, -0.2) is 9.55 Å². The minimum Gasteiger partial charge on any atom is -0.335 e. The van der Waals surface area contributed by atoms with Crippen LogP contribution < -0.4 is 0 Å². The van der Waals surface area contributed by atoms with Crippen LogP contribution >= 0.6 is 0 Å². The maximum absolute atomic E-state index is 4.47. The molecule has 0 aliphatic carbocycles. The third kappa shape index (κ3) is 1.30. The highest BCUT2D eigenvalue weighted by molar-refractivity contribution is 5.15. The fourth-order valence-corrected chi connectivity index (χ4v) is 1.26. The van der Waals surface area contributed by atoms with E-state index in [4.69, 9.17) is 0 Å². The maximum atomic E-state index is 4.47. The van der Waals surface area contributed by atoms with E-state index in [0.29, 0.717) is 5.92 Å². The molecule has 0 aliphatic rings. The van der Waals surface area contributed by atoms with E-state index in [2.05, 4.69) is 44.3 Å². The molecule has 0 unspecified atom stereocenters. The normalized spacial score (nSPS) is 11.1. The van der Waals surface area contributed by atoms with Gasteiger partial charge in [0.2, 0.25) is 0 Å². The zero-order chi connectivity index (χ0) is 8.59. The van der Waals surface area contributed by atoms with Crippen LogP contribution in [0.25, 0.3) is 0 Å². The van der Waals surface area contributed by atoms with Crippen LogP contribution in [0.4, 0.5) is 0 Å². The number of nitrogens with zero attached hydrogens (tertiary/aromatic N) is 2. The van der Waals surface area contributed by atoms with Crippen LogP contribution in [0.1, 0.15) is 37.0 Å². The maximum Gasteiger partial charge on any atom is 0.111 e. The van der Waals surface area contributed by atoms with Crippen molar-refractivity contribution in [3.05, 3.63) is 17.2 Å². The van der Waals surface area contributed by atoms with Gasteiger partial charge in [-0.1, -0.05) is 13.8 Å². The summed E-state index contributed by atoms with van der Waals surface area (Å²) in [4.78, 5) is 4.47. The Bertz CT molecular complexity index is 259. The Morgan fingerprint density at radius 2 is 1.82 bits per heavy atom. The molecule has 0 aromatic carbocycles. The molecule has 0 aliphatic heterocycles. The largest absolute Gasteiger partial charge is 0.335 e. The molecule has 0 saturated heterocycles. The van der Waals surface area contributed by atoms with Crippen LogP contribution in [0.15, 0.2) is 0 Å². The second kappa shape index (κ2) is 2.68. The van der Waals surface area contributed by atoms with E-state index in [1.165, 1.54) is 11.5 Å². The summed E-state index contributed by atoms with van der Waals surface area (Å²) in [6.45, 7) is 8.50. The van der Waals surface area contributed by atoms with Gasteiger partial charge in [0.1, 0.15) is 5.82 Å². The number of hydrogen-bond acceptors (Lipinski definition) is 1. The van der Waals surface area contributed by atoms with Crippen LogP contribution in [0.5, 0.6) is 0 Å². The third-order valence-electron chi connectivity index (χ3n) is 2.17. The second-order valence-electron chi connectivity index (χ2n) is 3.35. The van der Waals surface area contributed by atoms with Gasteiger partial charge in [-0.25, -0.2) is 4.98 Å². The predicted molar refractivity (Wildman–Crippen MR) is 46.8 cm³/mol. The summed E-state index contributed by atoms with van der Waals surface area (Å²) in [7, 11) is 2.07.